The van der Waals surface area contributed by atoms with E-state index in [1.165, 1.54) is 0 Å². The first kappa shape index (κ1) is 28.1. The number of carbonyl (C=O) groups excluding carboxylic acids is 1. The van der Waals surface area contributed by atoms with Crippen LogP contribution in [0.2, 0.25) is 0 Å². The van der Waals surface area contributed by atoms with Crippen LogP contribution >= 0.6 is 0 Å². The van der Waals surface area contributed by atoms with Crippen molar-refractivity contribution >= 4 is 11.9 Å². The number of amides is 1. The molecular formula is C28H36N4O5. The number of benzene rings is 1. The molecule has 0 aliphatic carbocycles. The SMILES string of the molecule is C[C@@H]1CN([C@@H](C)CO)C(=O)c2cc(C#CCN(C)C)cnc2O[C@@H]1CN(C)Cc1ccc(C(=O)O)cc1. The highest BCUT2D eigenvalue weighted by Gasteiger charge is 2.34. The molecule has 2 aromatic rings. The van der Waals surface area contributed by atoms with Gasteiger partial charge in [0, 0.05) is 37.3 Å². The van der Waals surface area contributed by atoms with Crippen LogP contribution < -0.4 is 4.74 Å². The number of pyridine rings is 1. The number of hydrogen-bond acceptors (Lipinski definition) is 7. The molecule has 1 amide bonds. The van der Waals surface area contributed by atoms with Crippen LogP contribution in [0.3, 0.4) is 0 Å². The smallest absolute Gasteiger partial charge is 0.335 e. The maximum Gasteiger partial charge on any atom is 0.335 e. The lowest BCUT2D eigenvalue weighted by Gasteiger charge is -2.37. The Morgan fingerprint density at radius 3 is 2.59 bits per heavy atom. The lowest BCUT2D eigenvalue weighted by Crippen LogP contribution is -2.49. The molecule has 0 bridgehead atoms. The third-order valence-electron chi connectivity index (χ3n) is 6.29. The van der Waals surface area contributed by atoms with Gasteiger partial charge in [-0.2, -0.15) is 0 Å². The van der Waals surface area contributed by atoms with E-state index in [0.29, 0.717) is 37.3 Å². The molecule has 198 valence electrons. The van der Waals surface area contributed by atoms with E-state index in [2.05, 4.69) is 21.7 Å². The third kappa shape index (κ3) is 7.52. The average Bonchev–Trinajstić information content (AvgIpc) is 2.86. The van der Waals surface area contributed by atoms with E-state index >= 15 is 0 Å². The van der Waals surface area contributed by atoms with E-state index < -0.39 is 5.97 Å². The highest BCUT2D eigenvalue weighted by Crippen LogP contribution is 2.27. The predicted octanol–water partition coefficient (Wildman–Crippen LogP) is 2.04. The molecule has 3 rings (SSSR count). The van der Waals surface area contributed by atoms with Crippen molar-refractivity contribution in [3.63, 3.8) is 0 Å². The maximum atomic E-state index is 13.5. The molecule has 0 saturated carbocycles. The summed E-state index contributed by atoms with van der Waals surface area (Å²) >= 11 is 0. The Kier molecular flexibility index (Phi) is 9.64. The second-order valence-electron chi connectivity index (χ2n) is 9.94. The average molecular weight is 509 g/mol. The van der Waals surface area contributed by atoms with Gasteiger partial charge in [-0.1, -0.05) is 30.9 Å². The zero-order valence-corrected chi connectivity index (χ0v) is 22.1. The molecule has 0 spiro atoms. The molecule has 0 unspecified atom stereocenters. The molecule has 9 heteroatoms. The number of carbonyl (C=O) groups is 2. The molecular weight excluding hydrogens is 472 g/mol. The van der Waals surface area contributed by atoms with Crippen molar-refractivity contribution in [3.05, 3.63) is 58.8 Å². The number of nitrogens with zero attached hydrogens (tertiary/aromatic N) is 4. The Balaban J connectivity index is 1.86. The van der Waals surface area contributed by atoms with E-state index in [1.54, 1.807) is 41.4 Å². The van der Waals surface area contributed by atoms with Gasteiger partial charge >= 0.3 is 5.97 Å². The summed E-state index contributed by atoms with van der Waals surface area (Å²) < 4.78 is 6.34. The van der Waals surface area contributed by atoms with E-state index in [-0.39, 0.29) is 42.0 Å². The highest BCUT2D eigenvalue weighted by molar-refractivity contribution is 5.97. The van der Waals surface area contributed by atoms with E-state index in [9.17, 15) is 14.7 Å². The van der Waals surface area contributed by atoms with Gasteiger partial charge in [0.25, 0.3) is 5.91 Å². The number of hydrogen-bond donors (Lipinski definition) is 2. The number of aromatic carboxylic acids is 1. The van der Waals surface area contributed by atoms with Gasteiger partial charge in [-0.25, -0.2) is 9.78 Å². The van der Waals surface area contributed by atoms with Crippen LogP contribution in [-0.4, -0.2) is 101 Å². The minimum atomic E-state index is -0.953. The van der Waals surface area contributed by atoms with Crippen molar-refractivity contribution in [2.75, 3.05) is 47.4 Å². The number of aliphatic hydroxyl groups excluding tert-OH is 1. The number of likely N-dealkylation sites (N-methyl/N-ethyl adjacent to an activating group) is 1. The molecule has 1 aromatic carbocycles. The molecule has 1 aliphatic rings. The zero-order valence-electron chi connectivity index (χ0n) is 22.1. The minimum Gasteiger partial charge on any atom is -0.478 e. The molecule has 3 atom stereocenters. The van der Waals surface area contributed by atoms with Crippen molar-refractivity contribution in [2.45, 2.75) is 32.5 Å². The highest BCUT2D eigenvalue weighted by atomic mass is 16.5. The summed E-state index contributed by atoms with van der Waals surface area (Å²) in [7, 11) is 5.84. The van der Waals surface area contributed by atoms with Crippen molar-refractivity contribution in [2.24, 2.45) is 5.92 Å². The normalized spacial score (nSPS) is 18.4. The van der Waals surface area contributed by atoms with Gasteiger partial charge in [0.05, 0.1) is 24.8 Å². The Morgan fingerprint density at radius 2 is 1.97 bits per heavy atom. The summed E-state index contributed by atoms with van der Waals surface area (Å²) in [6.45, 7) is 5.86. The number of rotatable bonds is 8. The van der Waals surface area contributed by atoms with Gasteiger partial charge in [0.2, 0.25) is 5.88 Å². The Hall–Kier alpha value is -3.45. The first-order chi connectivity index (χ1) is 17.6. The van der Waals surface area contributed by atoms with Crippen molar-refractivity contribution in [1.29, 1.82) is 0 Å². The van der Waals surface area contributed by atoms with E-state index in [4.69, 9.17) is 9.84 Å². The van der Waals surface area contributed by atoms with E-state index in [1.807, 2.05) is 39.9 Å². The van der Waals surface area contributed by atoms with Gasteiger partial charge in [-0.3, -0.25) is 14.6 Å². The number of carboxylic acid groups (broad SMARTS) is 1. The first-order valence-electron chi connectivity index (χ1n) is 12.3. The van der Waals surface area contributed by atoms with Crippen molar-refractivity contribution in [1.82, 2.24) is 19.7 Å². The van der Waals surface area contributed by atoms with Gasteiger partial charge in [0.15, 0.2) is 0 Å². The molecule has 1 aromatic heterocycles. The fourth-order valence-electron chi connectivity index (χ4n) is 4.12. The van der Waals surface area contributed by atoms with Crippen molar-refractivity contribution < 1.29 is 24.5 Å². The summed E-state index contributed by atoms with van der Waals surface area (Å²) in [6.07, 6.45) is 1.34. The van der Waals surface area contributed by atoms with E-state index in [0.717, 1.165) is 5.56 Å². The first-order valence-corrected chi connectivity index (χ1v) is 12.3. The monoisotopic (exact) mass is 508 g/mol. The van der Waals surface area contributed by atoms with Gasteiger partial charge < -0.3 is 19.8 Å². The summed E-state index contributed by atoms with van der Waals surface area (Å²) in [5.74, 6) is 5.15. The molecule has 0 fully saturated rings. The number of ether oxygens (including phenoxy) is 1. The quantitative estimate of drug-likeness (QED) is 0.522. The number of fused-ring (bicyclic) bond motifs is 1. The van der Waals surface area contributed by atoms with Gasteiger partial charge in [-0.15, -0.1) is 0 Å². The Morgan fingerprint density at radius 1 is 1.27 bits per heavy atom. The standard InChI is InChI=1S/C28H36N4O5/c1-19-15-32(20(2)18-33)27(34)24-13-22(7-6-12-30(3)4)14-29-26(24)37-25(19)17-31(5)16-21-8-10-23(11-9-21)28(35)36/h8-11,13-14,19-20,25,33H,12,15-18H2,1-5H3,(H,35,36)/t19-,20+,25-/m1/s1. The van der Waals surface area contributed by atoms with Crippen LogP contribution in [0.25, 0.3) is 0 Å². The summed E-state index contributed by atoms with van der Waals surface area (Å²) in [5, 5.41) is 19.0. The number of aromatic nitrogens is 1. The third-order valence-corrected chi connectivity index (χ3v) is 6.29. The molecule has 9 nitrogen and oxygen atoms in total. The van der Waals surface area contributed by atoms with Crippen LogP contribution in [0, 0.1) is 17.8 Å². The predicted molar refractivity (Wildman–Crippen MR) is 141 cm³/mol. The second kappa shape index (κ2) is 12.7. The van der Waals surface area contributed by atoms with Crippen LogP contribution in [0.15, 0.2) is 36.5 Å². The Labute approximate surface area is 218 Å². The van der Waals surface area contributed by atoms with Crippen LogP contribution in [0.5, 0.6) is 5.88 Å². The Bertz CT molecular complexity index is 1160. The van der Waals surface area contributed by atoms with Gasteiger partial charge in [0.1, 0.15) is 11.7 Å². The topological polar surface area (TPSA) is 106 Å². The largest absolute Gasteiger partial charge is 0.478 e. The lowest BCUT2D eigenvalue weighted by molar-refractivity contribution is 0.0325. The summed E-state index contributed by atoms with van der Waals surface area (Å²) in [4.78, 5) is 34.8. The number of aliphatic hydroxyl groups is 1. The van der Waals surface area contributed by atoms with Gasteiger partial charge in [-0.05, 0) is 51.8 Å². The molecule has 2 heterocycles. The number of carboxylic acids is 1. The van der Waals surface area contributed by atoms with Crippen molar-refractivity contribution in [3.8, 4) is 17.7 Å². The molecule has 1 aliphatic heterocycles. The lowest BCUT2D eigenvalue weighted by atomic mass is 9.99. The van der Waals surface area contributed by atoms with Crippen LogP contribution in [-0.2, 0) is 6.54 Å². The summed E-state index contributed by atoms with van der Waals surface area (Å²) in [5.41, 5.74) is 2.19. The van der Waals surface area contributed by atoms with Crippen LogP contribution in [0.4, 0.5) is 0 Å². The summed E-state index contributed by atoms with van der Waals surface area (Å²) in [6, 6.07) is 8.16. The molecule has 0 radical (unpaired) electrons. The minimum absolute atomic E-state index is 0.0377. The second-order valence-corrected chi connectivity index (χ2v) is 9.94. The molecule has 0 saturated heterocycles. The maximum absolute atomic E-state index is 13.5. The fraction of sp³-hybridized carbons (Fsp3) is 0.464. The fourth-order valence-corrected chi connectivity index (χ4v) is 4.12. The molecule has 2 N–H and O–H groups in total. The molecule has 37 heavy (non-hydrogen) atoms. The zero-order chi connectivity index (χ0) is 27.1. The van der Waals surface area contributed by atoms with Crippen LogP contribution in [0.1, 0.15) is 45.7 Å².